The molecule has 1 fully saturated rings. The fraction of sp³-hybridized carbons (Fsp3) is 0.562. The molecule has 8 heteroatoms. The molecule has 0 aliphatic carbocycles. The predicted octanol–water partition coefficient (Wildman–Crippen LogP) is 2.00. The van der Waals surface area contributed by atoms with E-state index in [1.165, 1.54) is 6.07 Å². The normalized spacial score (nSPS) is 18.5. The highest BCUT2D eigenvalue weighted by atomic mass is 16.7. The van der Waals surface area contributed by atoms with E-state index in [4.69, 9.17) is 14.0 Å². The minimum absolute atomic E-state index is 0.122. The van der Waals surface area contributed by atoms with Crippen LogP contribution in [0.2, 0.25) is 0 Å². The lowest BCUT2D eigenvalue weighted by Gasteiger charge is -2.32. The van der Waals surface area contributed by atoms with E-state index in [-0.39, 0.29) is 24.3 Å². The maximum Gasteiger partial charge on any atom is 0.494 e. The smallest absolute Gasteiger partial charge is 0.466 e. The minimum atomic E-state index is -0.642. The summed E-state index contributed by atoms with van der Waals surface area (Å²) in [7, 11) is -0.642. The van der Waals surface area contributed by atoms with Crippen molar-refractivity contribution < 1.29 is 23.8 Å². The fourth-order valence-electron chi connectivity index (χ4n) is 2.42. The molecule has 0 unspecified atom stereocenters. The Kier molecular flexibility index (Phi) is 5.01. The van der Waals surface area contributed by atoms with Crippen LogP contribution >= 0.6 is 0 Å². The van der Waals surface area contributed by atoms with Gasteiger partial charge in [0.05, 0.1) is 29.2 Å². The lowest BCUT2D eigenvalue weighted by molar-refractivity contribution is -0.385. The van der Waals surface area contributed by atoms with E-state index in [1.807, 2.05) is 27.7 Å². The van der Waals surface area contributed by atoms with Crippen molar-refractivity contribution in [3.8, 4) is 0 Å². The van der Waals surface area contributed by atoms with Crippen LogP contribution in [-0.2, 0) is 25.3 Å². The maximum absolute atomic E-state index is 11.7. The number of esters is 1. The monoisotopic (exact) mass is 335 g/mol. The summed E-state index contributed by atoms with van der Waals surface area (Å²) in [5.74, 6) is -0.508. The zero-order chi connectivity index (χ0) is 18.1. The third-order valence-corrected chi connectivity index (χ3v) is 4.47. The van der Waals surface area contributed by atoms with Gasteiger partial charge in [0.25, 0.3) is 5.69 Å². The molecule has 1 aromatic carbocycles. The van der Waals surface area contributed by atoms with Crippen molar-refractivity contribution in [3.05, 3.63) is 33.9 Å². The Morgan fingerprint density at radius 1 is 1.25 bits per heavy atom. The van der Waals surface area contributed by atoms with E-state index in [1.54, 1.807) is 19.1 Å². The lowest BCUT2D eigenvalue weighted by Crippen LogP contribution is -2.41. The number of ether oxygens (including phenoxy) is 1. The third-order valence-electron chi connectivity index (χ3n) is 4.47. The number of nitro groups is 1. The number of benzene rings is 1. The SMILES string of the molecule is CCOC(=O)Cc1cc(B2OC(C)(C)C(C)(C)O2)ccc1[N+](=O)[O-]. The van der Waals surface area contributed by atoms with E-state index in [0.29, 0.717) is 5.46 Å². The average Bonchev–Trinajstić information content (AvgIpc) is 2.67. The number of nitrogens with zero attached hydrogens (tertiary/aromatic N) is 1. The van der Waals surface area contributed by atoms with Gasteiger partial charge >= 0.3 is 13.1 Å². The first-order valence-corrected chi connectivity index (χ1v) is 7.86. The summed E-state index contributed by atoms with van der Waals surface area (Å²) in [6.07, 6.45) is -0.169. The van der Waals surface area contributed by atoms with Crippen molar-refractivity contribution in [1.82, 2.24) is 0 Å². The van der Waals surface area contributed by atoms with Crippen LogP contribution in [0.5, 0.6) is 0 Å². The van der Waals surface area contributed by atoms with Crippen LogP contribution in [0.15, 0.2) is 18.2 Å². The van der Waals surface area contributed by atoms with Crippen LogP contribution in [0, 0.1) is 10.1 Å². The largest absolute Gasteiger partial charge is 0.494 e. The van der Waals surface area contributed by atoms with Gasteiger partial charge in [0, 0.05) is 11.6 Å². The van der Waals surface area contributed by atoms with Gasteiger partial charge in [-0.25, -0.2) is 0 Å². The maximum atomic E-state index is 11.7. The Morgan fingerprint density at radius 2 is 1.83 bits per heavy atom. The summed E-state index contributed by atoms with van der Waals surface area (Å²) in [6.45, 7) is 9.63. The second-order valence-corrected chi connectivity index (χ2v) is 6.72. The number of hydrogen-bond donors (Lipinski definition) is 0. The third kappa shape index (κ3) is 3.60. The molecule has 1 aliphatic heterocycles. The van der Waals surface area contributed by atoms with Crippen LogP contribution in [0.4, 0.5) is 5.69 Å². The summed E-state index contributed by atoms with van der Waals surface area (Å²) in [6, 6.07) is 4.54. The van der Waals surface area contributed by atoms with E-state index in [2.05, 4.69) is 0 Å². The molecule has 7 nitrogen and oxygen atoms in total. The van der Waals surface area contributed by atoms with Gasteiger partial charge in [-0.3, -0.25) is 14.9 Å². The fourth-order valence-corrected chi connectivity index (χ4v) is 2.42. The van der Waals surface area contributed by atoms with Crippen LogP contribution in [-0.4, -0.2) is 35.8 Å². The number of hydrogen-bond acceptors (Lipinski definition) is 6. The Balaban J connectivity index is 2.33. The Hall–Kier alpha value is -1.93. The van der Waals surface area contributed by atoms with E-state index >= 15 is 0 Å². The molecule has 1 aromatic rings. The van der Waals surface area contributed by atoms with Gasteiger partial charge in [-0.15, -0.1) is 0 Å². The molecule has 24 heavy (non-hydrogen) atoms. The molecule has 1 heterocycles. The van der Waals surface area contributed by atoms with Gasteiger partial charge in [0.2, 0.25) is 0 Å². The molecule has 1 saturated heterocycles. The quantitative estimate of drug-likeness (QED) is 0.354. The van der Waals surface area contributed by atoms with Gasteiger partial charge in [-0.2, -0.15) is 0 Å². The first-order chi connectivity index (χ1) is 11.1. The van der Waals surface area contributed by atoms with Crippen molar-refractivity contribution in [3.63, 3.8) is 0 Å². The van der Waals surface area contributed by atoms with Gasteiger partial charge in [0.15, 0.2) is 0 Å². The first-order valence-electron chi connectivity index (χ1n) is 7.86. The first kappa shape index (κ1) is 18.4. The Morgan fingerprint density at radius 3 is 2.33 bits per heavy atom. The standard InChI is InChI=1S/C16H22BNO6/c1-6-22-14(19)10-11-9-12(7-8-13(11)18(20)21)17-23-15(2,3)16(4,5)24-17/h7-9H,6,10H2,1-5H3. The molecule has 0 saturated carbocycles. The summed E-state index contributed by atoms with van der Waals surface area (Å²) >= 11 is 0. The van der Waals surface area contributed by atoms with Crippen LogP contribution < -0.4 is 5.46 Å². The van der Waals surface area contributed by atoms with Crippen LogP contribution in [0.25, 0.3) is 0 Å². The van der Waals surface area contributed by atoms with Gasteiger partial charge in [-0.1, -0.05) is 12.1 Å². The van der Waals surface area contributed by atoms with Gasteiger partial charge in [-0.05, 0) is 40.1 Å². The molecule has 0 amide bonds. The summed E-state index contributed by atoms with van der Waals surface area (Å²) in [4.78, 5) is 22.4. The van der Waals surface area contributed by atoms with E-state index < -0.39 is 29.2 Å². The van der Waals surface area contributed by atoms with Crippen LogP contribution in [0.3, 0.4) is 0 Å². The molecule has 0 bridgehead atoms. The summed E-state index contributed by atoms with van der Waals surface area (Å²) < 4.78 is 16.8. The zero-order valence-electron chi connectivity index (χ0n) is 14.6. The van der Waals surface area contributed by atoms with Gasteiger partial charge in [0.1, 0.15) is 0 Å². The lowest BCUT2D eigenvalue weighted by atomic mass is 9.78. The molecular weight excluding hydrogens is 313 g/mol. The highest BCUT2D eigenvalue weighted by Gasteiger charge is 2.51. The summed E-state index contributed by atoms with van der Waals surface area (Å²) in [5, 5.41) is 11.2. The van der Waals surface area contributed by atoms with E-state index in [0.717, 1.165) is 0 Å². The molecule has 1 aliphatic rings. The molecule has 0 spiro atoms. The second kappa shape index (κ2) is 6.53. The van der Waals surface area contributed by atoms with Crippen molar-refractivity contribution in [2.24, 2.45) is 0 Å². The number of rotatable bonds is 5. The molecule has 130 valence electrons. The molecule has 0 aromatic heterocycles. The highest BCUT2D eigenvalue weighted by Crippen LogP contribution is 2.36. The Labute approximate surface area is 141 Å². The Bertz CT molecular complexity index is 642. The molecule has 0 N–H and O–H groups in total. The molecule has 0 radical (unpaired) electrons. The van der Waals surface area contributed by atoms with Crippen molar-refractivity contribution in [1.29, 1.82) is 0 Å². The van der Waals surface area contributed by atoms with E-state index in [9.17, 15) is 14.9 Å². The predicted molar refractivity (Wildman–Crippen MR) is 89.1 cm³/mol. The average molecular weight is 335 g/mol. The van der Waals surface area contributed by atoms with Crippen molar-refractivity contribution in [2.45, 2.75) is 52.2 Å². The van der Waals surface area contributed by atoms with Gasteiger partial charge < -0.3 is 14.0 Å². The minimum Gasteiger partial charge on any atom is -0.466 e. The second-order valence-electron chi connectivity index (χ2n) is 6.72. The molecular formula is C16H22BNO6. The zero-order valence-corrected chi connectivity index (χ0v) is 14.6. The van der Waals surface area contributed by atoms with Crippen LogP contribution in [0.1, 0.15) is 40.2 Å². The van der Waals surface area contributed by atoms with Crippen molar-refractivity contribution >= 4 is 24.2 Å². The number of carbonyl (C=O) groups excluding carboxylic acids is 1. The topological polar surface area (TPSA) is 87.9 Å². The molecule has 0 atom stereocenters. The summed E-state index contributed by atoms with van der Waals surface area (Å²) in [5.41, 5.74) is -0.228. The van der Waals surface area contributed by atoms with Crippen molar-refractivity contribution in [2.75, 3.05) is 6.61 Å². The number of carbonyl (C=O) groups is 1. The number of nitro benzene ring substituents is 1. The highest BCUT2D eigenvalue weighted by molar-refractivity contribution is 6.62. The molecule has 2 rings (SSSR count).